The van der Waals surface area contributed by atoms with Crippen LogP contribution in [0.15, 0.2) is 42.0 Å². The molecule has 1 N–H and O–H groups in total. The second-order valence-electron chi connectivity index (χ2n) is 6.02. The van der Waals surface area contributed by atoms with Crippen LogP contribution in [0.25, 0.3) is 6.08 Å². The van der Waals surface area contributed by atoms with Crippen molar-refractivity contribution in [2.45, 2.75) is 0 Å². The molecule has 2 heterocycles. The van der Waals surface area contributed by atoms with Gasteiger partial charge in [0, 0.05) is 23.3 Å². The van der Waals surface area contributed by atoms with E-state index >= 15 is 0 Å². The zero-order valence-electron chi connectivity index (χ0n) is 13.7. The van der Waals surface area contributed by atoms with Crippen LogP contribution >= 0.6 is 11.6 Å². The van der Waals surface area contributed by atoms with Crippen molar-refractivity contribution >= 4 is 41.1 Å². The molecule has 0 aromatic heterocycles. The molecule has 6 nitrogen and oxygen atoms in total. The summed E-state index contributed by atoms with van der Waals surface area (Å²) in [7, 11) is 1.43. The fraction of sp³-hybridized carbons (Fsp3) is 0.105. The topological polar surface area (TPSA) is 75.7 Å². The molecule has 0 fully saturated rings. The van der Waals surface area contributed by atoms with E-state index in [-0.39, 0.29) is 29.9 Å². The highest BCUT2D eigenvalue weighted by molar-refractivity contribution is 6.30. The van der Waals surface area contributed by atoms with Gasteiger partial charge in [-0.3, -0.25) is 19.3 Å². The lowest BCUT2D eigenvalue weighted by molar-refractivity contribution is -0.113. The van der Waals surface area contributed by atoms with Gasteiger partial charge in [0.2, 0.25) is 0 Å². The summed E-state index contributed by atoms with van der Waals surface area (Å²) in [4.78, 5) is 37.5. The summed E-state index contributed by atoms with van der Waals surface area (Å²) < 4.78 is 5.58. The molecule has 7 heteroatoms. The molecule has 130 valence electrons. The molecule has 0 unspecified atom stereocenters. The van der Waals surface area contributed by atoms with Gasteiger partial charge in [0.25, 0.3) is 17.7 Å². The molecule has 2 aromatic carbocycles. The largest absolute Gasteiger partial charge is 0.488 e. The number of carbonyl (C=O) groups excluding carboxylic acids is 3. The minimum atomic E-state index is -0.384. The Labute approximate surface area is 154 Å². The lowest BCUT2D eigenvalue weighted by Crippen LogP contribution is -2.24. The smallest absolute Gasteiger partial charge is 0.261 e. The monoisotopic (exact) mass is 368 g/mol. The Morgan fingerprint density at radius 2 is 1.88 bits per heavy atom. The number of amides is 3. The normalized spacial score (nSPS) is 15.2. The predicted octanol–water partition coefficient (Wildman–Crippen LogP) is 2.98. The number of anilines is 1. The van der Waals surface area contributed by atoms with E-state index in [1.807, 2.05) is 0 Å². The molecule has 0 aliphatic carbocycles. The maximum atomic E-state index is 12.5. The average Bonchev–Trinajstić information content (AvgIpc) is 2.85. The molecule has 2 aliphatic rings. The molecule has 2 aliphatic heterocycles. The molecule has 0 saturated heterocycles. The molecular formula is C19H13ClN2O4. The number of halogens is 1. The third-order valence-corrected chi connectivity index (χ3v) is 4.56. The predicted molar refractivity (Wildman–Crippen MR) is 96.4 cm³/mol. The van der Waals surface area contributed by atoms with Gasteiger partial charge >= 0.3 is 0 Å². The van der Waals surface area contributed by atoms with Crippen molar-refractivity contribution in [1.29, 1.82) is 0 Å². The van der Waals surface area contributed by atoms with Crippen molar-refractivity contribution in [3.8, 4) is 5.75 Å². The summed E-state index contributed by atoms with van der Waals surface area (Å²) in [6, 6.07) is 9.83. The third kappa shape index (κ3) is 2.64. The highest BCUT2D eigenvalue weighted by atomic mass is 35.5. The maximum Gasteiger partial charge on any atom is 0.261 e. The molecule has 4 rings (SSSR count). The molecular weight excluding hydrogens is 356 g/mol. The van der Waals surface area contributed by atoms with Crippen LogP contribution in [0.2, 0.25) is 5.02 Å². The van der Waals surface area contributed by atoms with Gasteiger partial charge in [-0.05, 0) is 42.5 Å². The van der Waals surface area contributed by atoms with Crippen molar-refractivity contribution in [3.63, 3.8) is 0 Å². The van der Waals surface area contributed by atoms with Gasteiger partial charge in [0.1, 0.15) is 12.4 Å². The number of ether oxygens (including phenoxy) is 1. The van der Waals surface area contributed by atoms with E-state index in [2.05, 4.69) is 5.32 Å². The molecule has 0 radical (unpaired) electrons. The zero-order chi connectivity index (χ0) is 18.4. The summed E-state index contributed by atoms with van der Waals surface area (Å²) >= 11 is 5.98. The first-order valence-electron chi connectivity index (χ1n) is 7.85. The van der Waals surface area contributed by atoms with E-state index in [1.165, 1.54) is 19.2 Å². The summed E-state index contributed by atoms with van der Waals surface area (Å²) in [5, 5.41) is 3.29. The number of hydrogen-bond acceptors (Lipinski definition) is 4. The third-order valence-electron chi connectivity index (χ3n) is 4.32. The lowest BCUT2D eigenvalue weighted by atomic mass is 10.1. The van der Waals surface area contributed by atoms with Crippen LogP contribution in [0.4, 0.5) is 5.69 Å². The number of carbonyl (C=O) groups is 3. The van der Waals surface area contributed by atoms with Crippen LogP contribution in [-0.2, 0) is 4.79 Å². The van der Waals surface area contributed by atoms with E-state index in [0.29, 0.717) is 27.6 Å². The van der Waals surface area contributed by atoms with E-state index in [9.17, 15) is 14.4 Å². The van der Waals surface area contributed by atoms with Gasteiger partial charge in [0.05, 0.1) is 16.7 Å². The van der Waals surface area contributed by atoms with E-state index in [1.54, 1.807) is 30.3 Å². The molecule has 0 bridgehead atoms. The Bertz CT molecular complexity index is 1010. The van der Waals surface area contributed by atoms with Crippen LogP contribution < -0.4 is 10.1 Å². The first kappa shape index (κ1) is 16.4. The van der Waals surface area contributed by atoms with Crippen LogP contribution in [0.1, 0.15) is 26.3 Å². The molecule has 26 heavy (non-hydrogen) atoms. The minimum Gasteiger partial charge on any atom is -0.488 e. The number of hydrogen-bond donors (Lipinski definition) is 1. The SMILES string of the molecule is CN1C(=O)c2ccc(NC(=O)C3=Cc4cc(Cl)ccc4OC3)cc2C1=O. The van der Waals surface area contributed by atoms with Crippen molar-refractivity contribution < 1.29 is 19.1 Å². The van der Waals surface area contributed by atoms with E-state index in [4.69, 9.17) is 16.3 Å². The fourth-order valence-corrected chi connectivity index (χ4v) is 3.11. The highest BCUT2D eigenvalue weighted by Crippen LogP contribution is 2.30. The molecule has 3 amide bonds. The average molecular weight is 369 g/mol. The first-order valence-corrected chi connectivity index (χ1v) is 8.22. The van der Waals surface area contributed by atoms with Crippen molar-refractivity contribution in [2.24, 2.45) is 0 Å². The van der Waals surface area contributed by atoms with Gasteiger partial charge < -0.3 is 10.1 Å². The van der Waals surface area contributed by atoms with Crippen LogP contribution in [0.5, 0.6) is 5.75 Å². The van der Waals surface area contributed by atoms with Crippen molar-refractivity contribution in [2.75, 3.05) is 19.0 Å². The van der Waals surface area contributed by atoms with E-state index in [0.717, 1.165) is 10.5 Å². The summed E-state index contributed by atoms with van der Waals surface area (Å²) in [6.07, 6.45) is 1.72. The molecule has 0 saturated carbocycles. The molecule has 2 aromatic rings. The number of nitrogens with zero attached hydrogens (tertiary/aromatic N) is 1. The quantitative estimate of drug-likeness (QED) is 0.827. The molecule has 0 spiro atoms. The van der Waals surface area contributed by atoms with Gasteiger partial charge in [-0.25, -0.2) is 0 Å². The van der Waals surface area contributed by atoms with Crippen molar-refractivity contribution in [1.82, 2.24) is 4.90 Å². The van der Waals surface area contributed by atoms with Crippen LogP contribution in [0, 0.1) is 0 Å². The Kier molecular flexibility index (Phi) is 3.77. The number of benzene rings is 2. The second-order valence-corrected chi connectivity index (χ2v) is 6.46. The number of rotatable bonds is 2. The van der Waals surface area contributed by atoms with Gasteiger partial charge in [-0.1, -0.05) is 11.6 Å². The Hall–Kier alpha value is -3.12. The summed E-state index contributed by atoms with van der Waals surface area (Å²) in [6.45, 7) is 0.131. The van der Waals surface area contributed by atoms with Gasteiger partial charge in [-0.2, -0.15) is 0 Å². The molecule has 0 atom stereocenters. The van der Waals surface area contributed by atoms with E-state index < -0.39 is 0 Å². The second kappa shape index (κ2) is 6.00. The standard InChI is InChI=1S/C19H13ClN2O4/c1-22-18(24)14-4-3-13(8-15(14)19(22)25)21-17(23)11-6-10-7-12(20)2-5-16(10)26-9-11/h2-8H,9H2,1H3,(H,21,23). The summed E-state index contributed by atoms with van der Waals surface area (Å²) in [5.41, 5.74) is 2.20. The number of nitrogens with one attached hydrogen (secondary N) is 1. The number of imide groups is 1. The Balaban J connectivity index is 1.58. The fourth-order valence-electron chi connectivity index (χ4n) is 2.93. The van der Waals surface area contributed by atoms with Gasteiger partial charge in [-0.15, -0.1) is 0 Å². The zero-order valence-corrected chi connectivity index (χ0v) is 14.5. The number of fused-ring (bicyclic) bond motifs is 2. The van der Waals surface area contributed by atoms with Crippen molar-refractivity contribution in [3.05, 3.63) is 63.7 Å². The van der Waals surface area contributed by atoms with Crippen LogP contribution in [-0.4, -0.2) is 36.3 Å². The first-order chi connectivity index (χ1) is 12.4. The maximum absolute atomic E-state index is 12.5. The van der Waals surface area contributed by atoms with Crippen LogP contribution in [0.3, 0.4) is 0 Å². The lowest BCUT2D eigenvalue weighted by Gasteiger charge is -2.18. The summed E-state index contributed by atoms with van der Waals surface area (Å²) in [5.74, 6) is -0.416. The Morgan fingerprint density at radius 3 is 2.69 bits per heavy atom. The minimum absolute atomic E-state index is 0.131. The highest BCUT2D eigenvalue weighted by Gasteiger charge is 2.32. The van der Waals surface area contributed by atoms with Gasteiger partial charge in [0.15, 0.2) is 0 Å². The Morgan fingerprint density at radius 1 is 1.12 bits per heavy atom.